The van der Waals surface area contributed by atoms with Gasteiger partial charge in [0.05, 0.1) is 6.10 Å². The SMILES string of the molecule is CN=C(NCCCC(C)C)NCC(OC)c1ccc(F)cc1.I. The Kier molecular flexibility index (Phi) is 12.0. The molecule has 1 rings (SSSR count). The van der Waals surface area contributed by atoms with Crippen molar-refractivity contribution in [3.63, 3.8) is 0 Å². The molecule has 4 nitrogen and oxygen atoms in total. The summed E-state index contributed by atoms with van der Waals surface area (Å²) in [4.78, 5) is 4.20. The van der Waals surface area contributed by atoms with Crippen LogP contribution < -0.4 is 10.6 Å². The highest BCUT2D eigenvalue weighted by atomic mass is 127. The fourth-order valence-corrected chi connectivity index (χ4v) is 2.14. The van der Waals surface area contributed by atoms with Crippen LogP contribution in [0.2, 0.25) is 0 Å². The molecule has 2 N–H and O–H groups in total. The summed E-state index contributed by atoms with van der Waals surface area (Å²) < 4.78 is 18.4. The van der Waals surface area contributed by atoms with Gasteiger partial charge in [-0.15, -0.1) is 24.0 Å². The largest absolute Gasteiger partial charge is 0.375 e. The third-order valence-corrected chi connectivity index (χ3v) is 3.46. The van der Waals surface area contributed by atoms with Crippen molar-refractivity contribution < 1.29 is 9.13 Å². The molecule has 0 radical (unpaired) electrons. The zero-order chi connectivity index (χ0) is 16.4. The summed E-state index contributed by atoms with van der Waals surface area (Å²) >= 11 is 0. The van der Waals surface area contributed by atoms with Gasteiger partial charge < -0.3 is 15.4 Å². The Hall–Kier alpha value is -0.890. The molecule has 6 heteroatoms. The molecule has 1 aromatic rings. The minimum Gasteiger partial charge on any atom is -0.375 e. The van der Waals surface area contributed by atoms with E-state index in [2.05, 4.69) is 29.5 Å². The number of nitrogens with zero attached hydrogens (tertiary/aromatic N) is 1. The van der Waals surface area contributed by atoms with Crippen LogP contribution in [0.1, 0.15) is 38.4 Å². The number of methoxy groups -OCH3 is 1. The normalized spacial score (nSPS) is 12.7. The number of rotatable bonds is 8. The lowest BCUT2D eigenvalue weighted by molar-refractivity contribution is 0.106. The van der Waals surface area contributed by atoms with Gasteiger partial charge in [-0.05, 0) is 36.5 Å². The fourth-order valence-electron chi connectivity index (χ4n) is 2.14. The maximum atomic E-state index is 13.0. The van der Waals surface area contributed by atoms with E-state index in [9.17, 15) is 4.39 Å². The highest BCUT2D eigenvalue weighted by molar-refractivity contribution is 14.0. The lowest BCUT2D eigenvalue weighted by Crippen LogP contribution is -2.40. The monoisotopic (exact) mass is 437 g/mol. The van der Waals surface area contributed by atoms with E-state index in [-0.39, 0.29) is 35.9 Å². The number of halogens is 2. The quantitative estimate of drug-likeness (QED) is 0.282. The van der Waals surface area contributed by atoms with Crippen LogP contribution in [0.4, 0.5) is 4.39 Å². The van der Waals surface area contributed by atoms with E-state index >= 15 is 0 Å². The van der Waals surface area contributed by atoms with Crippen LogP contribution in [-0.4, -0.2) is 33.2 Å². The van der Waals surface area contributed by atoms with Crippen molar-refractivity contribution >= 4 is 29.9 Å². The molecule has 1 atom stereocenters. The molecule has 0 saturated carbocycles. The van der Waals surface area contributed by atoms with Crippen molar-refractivity contribution in [2.45, 2.75) is 32.8 Å². The van der Waals surface area contributed by atoms with Crippen LogP contribution in [-0.2, 0) is 4.74 Å². The molecule has 0 aliphatic carbocycles. The lowest BCUT2D eigenvalue weighted by atomic mass is 10.1. The Morgan fingerprint density at radius 1 is 1.22 bits per heavy atom. The van der Waals surface area contributed by atoms with Crippen LogP contribution in [0.3, 0.4) is 0 Å². The van der Waals surface area contributed by atoms with Crippen LogP contribution in [0.25, 0.3) is 0 Å². The van der Waals surface area contributed by atoms with E-state index in [1.54, 1.807) is 26.3 Å². The number of guanidine groups is 1. The van der Waals surface area contributed by atoms with Gasteiger partial charge in [-0.2, -0.15) is 0 Å². The van der Waals surface area contributed by atoms with Gasteiger partial charge in [-0.25, -0.2) is 4.39 Å². The molecule has 132 valence electrons. The molecule has 0 amide bonds. The average Bonchev–Trinajstić information content (AvgIpc) is 2.51. The predicted molar refractivity (Wildman–Crippen MR) is 105 cm³/mol. The van der Waals surface area contributed by atoms with Gasteiger partial charge in [0.15, 0.2) is 5.96 Å². The highest BCUT2D eigenvalue weighted by Gasteiger charge is 2.11. The number of benzene rings is 1. The van der Waals surface area contributed by atoms with Gasteiger partial charge >= 0.3 is 0 Å². The Labute approximate surface area is 156 Å². The first-order valence-electron chi connectivity index (χ1n) is 7.79. The second kappa shape index (κ2) is 12.5. The smallest absolute Gasteiger partial charge is 0.191 e. The molecule has 0 aromatic heterocycles. The van der Waals surface area contributed by atoms with Gasteiger partial charge in [0.2, 0.25) is 0 Å². The molecule has 1 aromatic carbocycles. The number of ether oxygens (including phenoxy) is 1. The summed E-state index contributed by atoms with van der Waals surface area (Å²) in [6.07, 6.45) is 2.17. The van der Waals surface area contributed by atoms with Crippen molar-refractivity contribution in [3.8, 4) is 0 Å². The number of nitrogens with one attached hydrogen (secondary N) is 2. The maximum Gasteiger partial charge on any atom is 0.191 e. The van der Waals surface area contributed by atoms with Crippen molar-refractivity contribution in [2.75, 3.05) is 27.2 Å². The van der Waals surface area contributed by atoms with Crippen LogP contribution in [0.15, 0.2) is 29.3 Å². The molecular weight excluding hydrogens is 408 g/mol. The summed E-state index contributed by atoms with van der Waals surface area (Å²) in [6, 6.07) is 6.37. The van der Waals surface area contributed by atoms with Crippen molar-refractivity contribution in [3.05, 3.63) is 35.6 Å². The first-order chi connectivity index (χ1) is 10.6. The van der Waals surface area contributed by atoms with E-state index in [0.29, 0.717) is 12.5 Å². The fraction of sp³-hybridized carbons (Fsp3) is 0.588. The highest BCUT2D eigenvalue weighted by Crippen LogP contribution is 2.16. The average molecular weight is 437 g/mol. The minimum absolute atomic E-state index is 0. The van der Waals surface area contributed by atoms with E-state index in [1.807, 2.05) is 0 Å². The Morgan fingerprint density at radius 2 is 1.87 bits per heavy atom. The topological polar surface area (TPSA) is 45.7 Å². The second-order valence-electron chi connectivity index (χ2n) is 5.69. The van der Waals surface area contributed by atoms with Gasteiger partial charge in [-0.3, -0.25) is 4.99 Å². The summed E-state index contributed by atoms with van der Waals surface area (Å²) in [6.45, 7) is 5.91. The Balaban J connectivity index is 0.00000484. The van der Waals surface area contributed by atoms with Gasteiger partial charge in [0.25, 0.3) is 0 Å². The Morgan fingerprint density at radius 3 is 2.39 bits per heavy atom. The zero-order valence-corrected chi connectivity index (χ0v) is 16.8. The molecule has 0 bridgehead atoms. The van der Waals surface area contributed by atoms with Gasteiger partial charge in [-0.1, -0.05) is 26.0 Å². The molecule has 0 fully saturated rings. The maximum absolute atomic E-state index is 13.0. The number of hydrogen-bond donors (Lipinski definition) is 2. The first-order valence-corrected chi connectivity index (χ1v) is 7.79. The summed E-state index contributed by atoms with van der Waals surface area (Å²) in [5.74, 6) is 1.23. The summed E-state index contributed by atoms with van der Waals surface area (Å²) in [5, 5.41) is 6.53. The standard InChI is InChI=1S/C17H28FN3O.HI/c1-13(2)6-5-11-20-17(19-3)21-12-16(22-4)14-7-9-15(18)10-8-14;/h7-10,13,16H,5-6,11-12H2,1-4H3,(H2,19,20,21);1H. The van der Waals surface area contributed by atoms with Crippen LogP contribution in [0, 0.1) is 11.7 Å². The van der Waals surface area contributed by atoms with Crippen molar-refractivity contribution in [1.82, 2.24) is 10.6 Å². The lowest BCUT2D eigenvalue weighted by Gasteiger charge is -2.19. The van der Waals surface area contributed by atoms with Crippen molar-refractivity contribution in [1.29, 1.82) is 0 Å². The number of hydrogen-bond acceptors (Lipinski definition) is 2. The molecule has 0 heterocycles. The predicted octanol–water partition coefficient (Wildman–Crippen LogP) is 3.73. The molecule has 0 aliphatic rings. The Bertz CT molecular complexity index is 452. The van der Waals surface area contributed by atoms with Gasteiger partial charge in [0, 0.05) is 27.2 Å². The number of aliphatic imine (C=N–C) groups is 1. The molecule has 1 unspecified atom stereocenters. The van der Waals surface area contributed by atoms with E-state index in [0.717, 1.165) is 24.5 Å². The first kappa shape index (κ1) is 22.1. The van der Waals surface area contributed by atoms with Crippen LogP contribution >= 0.6 is 24.0 Å². The van der Waals surface area contributed by atoms with E-state index < -0.39 is 0 Å². The van der Waals surface area contributed by atoms with E-state index in [4.69, 9.17) is 4.74 Å². The minimum atomic E-state index is -0.241. The molecule has 0 saturated heterocycles. The van der Waals surface area contributed by atoms with Crippen molar-refractivity contribution in [2.24, 2.45) is 10.9 Å². The van der Waals surface area contributed by atoms with Gasteiger partial charge in [0.1, 0.15) is 5.82 Å². The zero-order valence-electron chi connectivity index (χ0n) is 14.4. The molecular formula is C17H29FIN3O. The third kappa shape index (κ3) is 9.10. The van der Waals surface area contributed by atoms with Crippen LogP contribution in [0.5, 0.6) is 0 Å². The summed E-state index contributed by atoms with van der Waals surface area (Å²) in [7, 11) is 3.39. The second-order valence-corrected chi connectivity index (χ2v) is 5.69. The molecule has 0 spiro atoms. The third-order valence-electron chi connectivity index (χ3n) is 3.46. The molecule has 23 heavy (non-hydrogen) atoms. The summed E-state index contributed by atoms with van der Waals surface area (Å²) in [5.41, 5.74) is 0.937. The molecule has 0 aliphatic heterocycles. The van der Waals surface area contributed by atoms with E-state index in [1.165, 1.54) is 18.6 Å².